The Kier molecular flexibility index (Phi) is 4.16. The van der Waals surface area contributed by atoms with Gasteiger partial charge in [-0.1, -0.05) is 32.9 Å². The molecule has 94 valence electrons. The van der Waals surface area contributed by atoms with Gasteiger partial charge < -0.3 is 10.5 Å². The highest BCUT2D eigenvalue weighted by Crippen LogP contribution is 2.29. The maximum atomic E-state index is 11.5. The minimum Gasteiger partial charge on any atom is -0.497 e. The summed E-state index contributed by atoms with van der Waals surface area (Å²) in [5, 5.41) is 0. The van der Waals surface area contributed by atoms with Crippen LogP contribution in [-0.4, -0.2) is 13.0 Å². The second kappa shape index (κ2) is 5.21. The number of ether oxygens (including phenoxy) is 1. The number of carbonyl (C=O) groups excluding carboxylic acids is 1. The first-order chi connectivity index (χ1) is 7.84. The van der Waals surface area contributed by atoms with E-state index in [4.69, 9.17) is 10.5 Å². The number of rotatable bonds is 4. The molecular formula is C14H21NO2. The third-order valence-electron chi connectivity index (χ3n) is 2.96. The number of hydrogen-bond acceptors (Lipinski definition) is 2. The molecular weight excluding hydrogens is 214 g/mol. The quantitative estimate of drug-likeness (QED) is 0.871. The zero-order valence-electron chi connectivity index (χ0n) is 11.0. The Morgan fingerprint density at radius 2 is 2.06 bits per heavy atom. The minimum absolute atomic E-state index is 0.130. The van der Waals surface area contributed by atoms with Gasteiger partial charge in [-0.05, 0) is 29.5 Å². The Morgan fingerprint density at radius 1 is 1.41 bits per heavy atom. The van der Waals surface area contributed by atoms with Gasteiger partial charge in [0.2, 0.25) is 5.91 Å². The lowest BCUT2D eigenvalue weighted by Gasteiger charge is -2.28. The van der Waals surface area contributed by atoms with Gasteiger partial charge >= 0.3 is 0 Å². The van der Waals surface area contributed by atoms with Crippen molar-refractivity contribution in [3.05, 3.63) is 29.8 Å². The maximum Gasteiger partial charge on any atom is 0.221 e. The third-order valence-corrected chi connectivity index (χ3v) is 2.96. The molecule has 1 aromatic rings. The zero-order chi connectivity index (χ0) is 13.1. The van der Waals surface area contributed by atoms with E-state index in [9.17, 15) is 4.79 Å². The fourth-order valence-electron chi connectivity index (χ4n) is 1.87. The molecule has 2 N–H and O–H groups in total. The molecule has 3 nitrogen and oxygen atoms in total. The summed E-state index contributed by atoms with van der Waals surface area (Å²) in [6, 6.07) is 7.75. The first-order valence-corrected chi connectivity index (χ1v) is 5.77. The van der Waals surface area contributed by atoms with Crippen molar-refractivity contribution in [2.45, 2.75) is 27.2 Å². The van der Waals surface area contributed by atoms with E-state index in [0.29, 0.717) is 6.42 Å². The fraction of sp³-hybridized carbons (Fsp3) is 0.500. The molecule has 0 aliphatic carbocycles. The van der Waals surface area contributed by atoms with Gasteiger partial charge in [0, 0.05) is 5.92 Å². The van der Waals surface area contributed by atoms with Crippen molar-refractivity contribution in [1.29, 1.82) is 0 Å². The van der Waals surface area contributed by atoms with Crippen LogP contribution in [0.5, 0.6) is 5.75 Å². The SMILES string of the molecule is COc1cccc(CC(C(N)=O)C(C)(C)C)c1. The van der Waals surface area contributed by atoms with Crippen molar-refractivity contribution >= 4 is 5.91 Å². The highest BCUT2D eigenvalue weighted by molar-refractivity contribution is 5.77. The van der Waals surface area contributed by atoms with Gasteiger partial charge in [-0.15, -0.1) is 0 Å². The van der Waals surface area contributed by atoms with Crippen LogP contribution in [-0.2, 0) is 11.2 Å². The van der Waals surface area contributed by atoms with E-state index in [1.165, 1.54) is 0 Å². The monoisotopic (exact) mass is 235 g/mol. The molecule has 17 heavy (non-hydrogen) atoms. The van der Waals surface area contributed by atoms with Crippen LogP contribution in [0.4, 0.5) is 0 Å². The van der Waals surface area contributed by atoms with E-state index in [-0.39, 0.29) is 17.2 Å². The zero-order valence-corrected chi connectivity index (χ0v) is 11.0. The lowest BCUT2D eigenvalue weighted by molar-refractivity contribution is -0.124. The third kappa shape index (κ3) is 3.77. The Bertz CT molecular complexity index is 393. The summed E-state index contributed by atoms with van der Waals surface area (Å²) in [6.07, 6.45) is 0.649. The van der Waals surface area contributed by atoms with Crippen LogP contribution in [0.3, 0.4) is 0 Å². The molecule has 0 spiro atoms. The van der Waals surface area contributed by atoms with Crippen molar-refractivity contribution in [3.63, 3.8) is 0 Å². The second-order valence-electron chi connectivity index (χ2n) is 5.38. The molecule has 0 saturated carbocycles. The molecule has 1 aromatic carbocycles. The van der Waals surface area contributed by atoms with Gasteiger partial charge in [0.05, 0.1) is 7.11 Å². The lowest BCUT2D eigenvalue weighted by Crippen LogP contribution is -2.35. The van der Waals surface area contributed by atoms with E-state index >= 15 is 0 Å². The van der Waals surface area contributed by atoms with Crippen molar-refractivity contribution in [1.82, 2.24) is 0 Å². The van der Waals surface area contributed by atoms with Crippen molar-refractivity contribution in [2.75, 3.05) is 7.11 Å². The summed E-state index contributed by atoms with van der Waals surface area (Å²) in [7, 11) is 1.63. The number of carbonyl (C=O) groups is 1. The summed E-state index contributed by atoms with van der Waals surface area (Å²) in [5.41, 5.74) is 6.41. The predicted molar refractivity (Wildman–Crippen MR) is 68.8 cm³/mol. The van der Waals surface area contributed by atoms with E-state index in [2.05, 4.69) is 0 Å². The number of primary amides is 1. The Labute approximate surface area is 103 Å². The van der Waals surface area contributed by atoms with Crippen molar-refractivity contribution < 1.29 is 9.53 Å². The molecule has 3 heteroatoms. The highest BCUT2D eigenvalue weighted by Gasteiger charge is 2.29. The number of benzene rings is 1. The number of amides is 1. The molecule has 0 aromatic heterocycles. The predicted octanol–water partition coefficient (Wildman–Crippen LogP) is 2.39. The Morgan fingerprint density at radius 3 is 2.53 bits per heavy atom. The van der Waals surface area contributed by atoms with Gasteiger partial charge in [-0.25, -0.2) is 0 Å². The van der Waals surface area contributed by atoms with Crippen molar-refractivity contribution in [3.8, 4) is 5.75 Å². The highest BCUT2D eigenvalue weighted by atomic mass is 16.5. The largest absolute Gasteiger partial charge is 0.497 e. The van der Waals surface area contributed by atoms with Gasteiger partial charge in [0.25, 0.3) is 0 Å². The smallest absolute Gasteiger partial charge is 0.221 e. The first-order valence-electron chi connectivity index (χ1n) is 5.77. The molecule has 1 atom stereocenters. The number of nitrogens with two attached hydrogens (primary N) is 1. The second-order valence-corrected chi connectivity index (χ2v) is 5.38. The van der Waals surface area contributed by atoms with E-state index in [1.807, 2.05) is 45.0 Å². The summed E-state index contributed by atoms with van der Waals surface area (Å²) in [5.74, 6) is 0.384. The maximum absolute atomic E-state index is 11.5. The molecule has 1 rings (SSSR count). The average Bonchev–Trinajstić information content (AvgIpc) is 2.24. The molecule has 1 amide bonds. The molecule has 0 heterocycles. The standard InChI is InChI=1S/C14H21NO2/c1-14(2,3)12(13(15)16)9-10-6-5-7-11(8-10)17-4/h5-8,12H,9H2,1-4H3,(H2,15,16). The summed E-state index contributed by atoms with van der Waals surface area (Å²) < 4.78 is 5.17. The molecule has 0 saturated heterocycles. The molecule has 1 unspecified atom stereocenters. The summed E-state index contributed by atoms with van der Waals surface area (Å²) in [4.78, 5) is 11.5. The number of methoxy groups -OCH3 is 1. The van der Waals surface area contributed by atoms with Gasteiger partial charge in [-0.2, -0.15) is 0 Å². The summed E-state index contributed by atoms with van der Waals surface area (Å²) in [6.45, 7) is 6.09. The molecule has 0 fully saturated rings. The van der Waals surface area contributed by atoms with E-state index in [0.717, 1.165) is 11.3 Å². The number of hydrogen-bond donors (Lipinski definition) is 1. The van der Waals surface area contributed by atoms with Crippen LogP contribution < -0.4 is 10.5 Å². The van der Waals surface area contributed by atoms with Crippen molar-refractivity contribution in [2.24, 2.45) is 17.1 Å². The van der Waals surface area contributed by atoms with E-state index < -0.39 is 0 Å². The van der Waals surface area contributed by atoms with Crippen LogP contribution in [0.2, 0.25) is 0 Å². The van der Waals surface area contributed by atoms with Crippen LogP contribution in [0.15, 0.2) is 24.3 Å². The normalized spacial score (nSPS) is 13.2. The van der Waals surface area contributed by atoms with Crippen LogP contribution in [0.25, 0.3) is 0 Å². The molecule has 0 aliphatic rings. The molecule has 0 radical (unpaired) electrons. The van der Waals surface area contributed by atoms with Crippen LogP contribution >= 0.6 is 0 Å². The molecule has 0 bridgehead atoms. The average molecular weight is 235 g/mol. The lowest BCUT2D eigenvalue weighted by atomic mass is 9.77. The van der Waals surface area contributed by atoms with Gasteiger partial charge in [-0.3, -0.25) is 4.79 Å². The minimum atomic E-state index is -0.250. The summed E-state index contributed by atoms with van der Waals surface area (Å²) >= 11 is 0. The van der Waals surface area contributed by atoms with Gasteiger partial charge in [0.1, 0.15) is 5.75 Å². The fourth-order valence-corrected chi connectivity index (χ4v) is 1.87. The first kappa shape index (κ1) is 13.6. The Hall–Kier alpha value is -1.51. The Balaban J connectivity index is 2.90. The van der Waals surface area contributed by atoms with Crippen LogP contribution in [0, 0.1) is 11.3 Å². The van der Waals surface area contributed by atoms with E-state index in [1.54, 1.807) is 7.11 Å². The van der Waals surface area contributed by atoms with Gasteiger partial charge in [0.15, 0.2) is 0 Å². The van der Waals surface area contributed by atoms with Crippen LogP contribution in [0.1, 0.15) is 26.3 Å². The topological polar surface area (TPSA) is 52.3 Å². The molecule has 0 aliphatic heterocycles.